The first kappa shape index (κ1) is 28.5. The van der Waals surface area contributed by atoms with Crippen LogP contribution < -0.4 is 15.2 Å². The van der Waals surface area contributed by atoms with Crippen LogP contribution in [0.3, 0.4) is 0 Å². The maximum atomic E-state index is 15.7. The van der Waals surface area contributed by atoms with Crippen molar-refractivity contribution in [3.63, 3.8) is 0 Å². The van der Waals surface area contributed by atoms with Crippen molar-refractivity contribution in [2.75, 3.05) is 49.1 Å². The minimum Gasteiger partial charge on any atom is -0.477 e. The van der Waals surface area contributed by atoms with E-state index in [9.17, 15) is 14.7 Å². The Labute approximate surface area is 251 Å². The first-order chi connectivity index (χ1) is 20.2. The van der Waals surface area contributed by atoms with Gasteiger partial charge < -0.3 is 19.5 Å². The highest BCUT2D eigenvalue weighted by molar-refractivity contribution is 6.38. The molecule has 0 aliphatic carbocycles. The molecule has 218 valence electrons. The van der Waals surface area contributed by atoms with Crippen molar-refractivity contribution in [1.29, 1.82) is 0 Å². The molecular formula is C31H28Cl2F2N4O3. The largest absolute Gasteiger partial charge is 0.477 e. The Balaban J connectivity index is 1.41. The number of fused-ring (bicyclic) bond motifs is 1. The summed E-state index contributed by atoms with van der Waals surface area (Å²) in [5.41, 5.74) is 0.591. The molecule has 4 aromatic rings. The van der Waals surface area contributed by atoms with E-state index in [0.717, 1.165) is 43.9 Å². The minimum atomic E-state index is -1.47. The van der Waals surface area contributed by atoms with Gasteiger partial charge in [0.15, 0.2) is 0 Å². The van der Waals surface area contributed by atoms with Gasteiger partial charge in [0.2, 0.25) is 5.43 Å². The Hall–Kier alpha value is -3.66. The van der Waals surface area contributed by atoms with Crippen molar-refractivity contribution in [1.82, 2.24) is 9.47 Å². The van der Waals surface area contributed by atoms with Gasteiger partial charge in [-0.15, -0.1) is 0 Å². The van der Waals surface area contributed by atoms with Gasteiger partial charge in [-0.2, -0.15) is 0 Å². The van der Waals surface area contributed by atoms with Crippen LogP contribution in [0, 0.1) is 11.6 Å². The van der Waals surface area contributed by atoms with Crippen LogP contribution in [0.25, 0.3) is 16.6 Å². The molecule has 3 aromatic carbocycles. The molecule has 1 N–H and O–H groups in total. The number of aromatic carboxylic acids is 1. The summed E-state index contributed by atoms with van der Waals surface area (Å²) in [5.74, 6) is -2.66. The van der Waals surface area contributed by atoms with Crippen LogP contribution in [-0.2, 0) is 6.54 Å². The molecule has 0 atom stereocenters. The molecule has 42 heavy (non-hydrogen) atoms. The van der Waals surface area contributed by atoms with Crippen LogP contribution in [-0.4, -0.2) is 59.8 Å². The predicted molar refractivity (Wildman–Crippen MR) is 162 cm³/mol. The zero-order valence-electron chi connectivity index (χ0n) is 22.6. The van der Waals surface area contributed by atoms with Crippen molar-refractivity contribution >= 4 is 51.4 Å². The topological polar surface area (TPSA) is 69.0 Å². The van der Waals surface area contributed by atoms with Gasteiger partial charge in [0.05, 0.1) is 21.6 Å². The molecule has 7 nitrogen and oxygen atoms in total. The molecule has 11 heteroatoms. The van der Waals surface area contributed by atoms with Crippen molar-refractivity contribution in [3.8, 4) is 5.69 Å². The Morgan fingerprint density at radius 2 is 1.48 bits per heavy atom. The van der Waals surface area contributed by atoms with Crippen molar-refractivity contribution in [2.24, 2.45) is 0 Å². The molecule has 2 fully saturated rings. The van der Waals surface area contributed by atoms with E-state index in [4.69, 9.17) is 23.2 Å². The Morgan fingerprint density at radius 3 is 2.12 bits per heavy atom. The Morgan fingerprint density at radius 1 is 0.833 bits per heavy atom. The number of pyridine rings is 1. The highest BCUT2D eigenvalue weighted by Crippen LogP contribution is 2.37. The lowest BCUT2D eigenvalue weighted by molar-refractivity contribution is 0.0695. The average Bonchev–Trinajstić information content (AvgIpc) is 3.49. The number of halogens is 4. The number of likely N-dealkylation sites (tertiary alicyclic amines) is 1. The normalized spacial score (nSPS) is 16.0. The van der Waals surface area contributed by atoms with E-state index in [0.29, 0.717) is 43.3 Å². The highest BCUT2D eigenvalue weighted by atomic mass is 35.5. The molecule has 2 aliphatic rings. The fourth-order valence-electron chi connectivity index (χ4n) is 5.89. The van der Waals surface area contributed by atoms with Gasteiger partial charge in [-0.05, 0) is 68.4 Å². The van der Waals surface area contributed by atoms with Crippen molar-refractivity contribution < 1.29 is 18.7 Å². The van der Waals surface area contributed by atoms with Crippen LogP contribution in [0.15, 0.2) is 59.5 Å². The van der Waals surface area contributed by atoms with Crippen LogP contribution in [0.2, 0.25) is 10.0 Å². The molecule has 0 saturated carbocycles. The maximum Gasteiger partial charge on any atom is 0.341 e. The minimum absolute atomic E-state index is 0.0412. The van der Waals surface area contributed by atoms with E-state index in [1.807, 2.05) is 29.2 Å². The van der Waals surface area contributed by atoms with E-state index in [-0.39, 0.29) is 27.3 Å². The number of carboxylic acids is 1. The zero-order valence-corrected chi connectivity index (χ0v) is 24.1. The summed E-state index contributed by atoms with van der Waals surface area (Å²) in [7, 11) is 0. The number of nitrogens with zero attached hydrogens (tertiary/aromatic N) is 4. The second-order valence-corrected chi connectivity index (χ2v) is 11.5. The van der Waals surface area contributed by atoms with Gasteiger partial charge in [-0.25, -0.2) is 13.6 Å². The molecule has 2 saturated heterocycles. The summed E-state index contributed by atoms with van der Waals surface area (Å²) in [5, 5.41) is 10.2. The fourth-order valence-corrected chi connectivity index (χ4v) is 6.42. The van der Waals surface area contributed by atoms with Gasteiger partial charge in [0, 0.05) is 60.9 Å². The molecule has 1 aromatic heterocycles. The maximum absolute atomic E-state index is 15.7. The first-order valence-corrected chi connectivity index (χ1v) is 14.5. The lowest BCUT2D eigenvalue weighted by Crippen LogP contribution is -2.47. The van der Waals surface area contributed by atoms with Gasteiger partial charge in [0.1, 0.15) is 17.2 Å². The summed E-state index contributed by atoms with van der Waals surface area (Å²) >= 11 is 12.9. The predicted octanol–water partition coefficient (Wildman–Crippen LogP) is 6.20. The fraction of sp³-hybridized carbons (Fsp3) is 0.290. The third-order valence-corrected chi connectivity index (χ3v) is 8.69. The van der Waals surface area contributed by atoms with Crippen molar-refractivity contribution in [2.45, 2.75) is 19.4 Å². The van der Waals surface area contributed by atoms with E-state index >= 15 is 8.78 Å². The second-order valence-electron chi connectivity index (χ2n) is 10.7. The second kappa shape index (κ2) is 11.6. The molecule has 0 amide bonds. The van der Waals surface area contributed by atoms with Gasteiger partial charge >= 0.3 is 5.97 Å². The van der Waals surface area contributed by atoms with Crippen LogP contribution in [0.1, 0.15) is 28.8 Å². The molecule has 3 heterocycles. The molecule has 0 bridgehead atoms. The molecule has 0 spiro atoms. The molecule has 0 unspecified atom stereocenters. The Kier molecular flexibility index (Phi) is 7.83. The highest BCUT2D eigenvalue weighted by Gasteiger charge is 2.27. The van der Waals surface area contributed by atoms with E-state index in [1.165, 1.54) is 10.6 Å². The van der Waals surface area contributed by atoms with Gasteiger partial charge in [0.25, 0.3) is 0 Å². The number of hydrogen-bond donors (Lipinski definition) is 1. The van der Waals surface area contributed by atoms with Gasteiger partial charge in [-0.1, -0.05) is 29.3 Å². The van der Waals surface area contributed by atoms with Crippen LogP contribution >= 0.6 is 23.2 Å². The average molecular weight is 613 g/mol. The summed E-state index contributed by atoms with van der Waals surface area (Å²) in [6.07, 6.45) is 3.29. The number of piperazine rings is 1. The summed E-state index contributed by atoms with van der Waals surface area (Å²) in [6.45, 7) is 4.35. The van der Waals surface area contributed by atoms with E-state index in [2.05, 4.69) is 9.80 Å². The van der Waals surface area contributed by atoms with Crippen LogP contribution in [0.4, 0.5) is 20.2 Å². The lowest BCUT2D eigenvalue weighted by atomic mass is 10.1. The number of carbonyl (C=O) groups is 1. The molecule has 6 rings (SSSR count). The summed E-state index contributed by atoms with van der Waals surface area (Å²) in [4.78, 5) is 31.3. The van der Waals surface area contributed by atoms with E-state index < -0.39 is 28.6 Å². The summed E-state index contributed by atoms with van der Waals surface area (Å²) in [6, 6.07) is 13.1. The number of carboxylic acid groups (broad SMARTS) is 1. The van der Waals surface area contributed by atoms with Crippen LogP contribution in [0.5, 0.6) is 0 Å². The van der Waals surface area contributed by atoms with E-state index in [1.54, 1.807) is 12.1 Å². The molecule has 2 aliphatic heterocycles. The molecular weight excluding hydrogens is 585 g/mol. The smallest absolute Gasteiger partial charge is 0.341 e. The Bertz CT molecular complexity index is 1730. The number of hydrogen-bond acceptors (Lipinski definition) is 5. The summed E-state index contributed by atoms with van der Waals surface area (Å²) < 4.78 is 32.4. The lowest BCUT2D eigenvalue weighted by Gasteiger charge is -2.38. The zero-order chi connectivity index (χ0) is 29.5. The van der Waals surface area contributed by atoms with Gasteiger partial charge in [-0.3, -0.25) is 9.69 Å². The standard InChI is InChI=1S/C31H28Cl2F2N4O3/c32-20-4-7-21(8-5-20)37-11-13-38(14-12-37)29-26(35)16-23-28(27(29)33)39(18-24(30(23)40)31(41)42)22-6-3-19(25(34)15-22)17-36-9-1-2-10-36/h3-8,15-16,18H,1-2,9-14,17H2,(H,41,42). The molecule has 0 radical (unpaired) electrons. The number of aromatic nitrogens is 1. The SMILES string of the molecule is O=C(O)c1cn(-c2ccc(CN3CCCC3)c(F)c2)c2c(Cl)c(N3CCN(c4ccc(Cl)cc4)CC3)c(F)cc2c1=O. The number of anilines is 2. The quantitative estimate of drug-likeness (QED) is 0.280. The monoisotopic (exact) mass is 612 g/mol. The third-order valence-electron chi connectivity index (χ3n) is 8.08. The third kappa shape index (κ3) is 5.32. The van der Waals surface area contributed by atoms with Crippen molar-refractivity contribution in [3.05, 3.63) is 97.8 Å². The number of benzene rings is 3. The first-order valence-electron chi connectivity index (χ1n) is 13.8. The number of rotatable bonds is 6.